The smallest absolute Gasteiger partial charge is 0.129 e. The fourth-order valence-electron chi connectivity index (χ4n) is 6.72. The van der Waals surface area contributed by atoms with Gasteiger partial charge in [-0.1, -0.05) is 24.3 Å². The van der Waals surface area contributed by atoms with Crippen LogP contribution in [0.25, 0.3) is 27.7 Å². The van der Waals surface area contributed by atoms with Crippen LogP contribution in [0.15, 0.2) is 72.0 Å². The molecule has 0 amide bonds. The first-order chi connectivity index (χ1) is 22.0. The highest BCUT2D eigenvalue weighted by atomic mass is 19.1. The summed E-state index contributed by atoms with van der Waals surface area (Å²) in [5, 5.41) is 0. The van der Waals surface area contributed by atoms with E-state index in [1.807, 2.05) is 30.3 Å². The summed E-state index contributed by atoms with van der Waals surface area (Å²) < 4.78 is 36.0. The number of aliphatic imine (C=N–C) groups is 1. The van der Waals surface area contributed by atoms with Crippen molar-refractivity contribution in [2.75, 3.05) is 18.9 Å². The Balaban J connectivity index is 1.15. The highest BCUT2D eigenvalue weighted by molar-refractivity contribution is 6.09. The van der Waals surface area contributed by atoms with Crippen LogP contribution in [-0.2, 0) is 17.6 Å². The Morgan fingerprint density at radius 1 is 0.933 bits per heavy atom. The Morgan fingerprint density at radius 2 is 1.69 bits per heavy atom. The molecule has 0 radical (unpaired) electrons. The van der Waals surface area contributed by atoms with Crippen LogP contribution in [0.2, 0.25) is 0 Å². The highest BCUT2D eigenvalue weighted by Gasteiger charge is 2.22. The summed E-state index contributed by atoms with van der Waals surface area (Å²) >= 11 is 0. The molecule has 1 saturated carbocycles. The number of benzene rings is 3. The second-order valence-electron chi connectivity index (χ2n) is 12.5. The summed E-state index contributed by atoms with van der Waals surface area (Å²) in [6, 6.07) is 16.7. The number of halogens is 2. The van der Waals surface area contributed by atoms with Crippen LogP contribution in [0.1, 0.15) is 61.8 Å². The van der Waals surface area contributed by atoms with E-state index < -0.39 is 11.6 Å². The van der Waals surface area contributed by atoms with Gasteiger partial charge in [-0.25, -0.2) is 13.8 Å². The summed E-state index contributed by atoms with van der Waals surface area (Å²) in [6.45, 7) is 1.44. The summed E-state index contributed by atoms with van der Waals surface area (Å²) in [7, 11) is 0. The van der Waals surface area contributed by atoms with Crippen molar-refractivity contribution in [3.05, 3.63) is 95.4 Å². The van der Waals surface area contributed by atoms with Crippen LogP contribution in [-0.4, -0.2) is 35.4 Å². The van der Waals surface area contributed by atoms with E-state index in [0.717, 1.165) is 70.3 Å². The number of rotatable bonds is 9. The van der Waals surface area contributed by atoms with E-state index in [9.17, 15) is 0 Å². The van der Waals surface area contributed by atoms with E-state index in [-0.39, 0.29) is 11.6 Å². The van der Waals surface area contributed by atoms with Gasteiger partial charge in [0.25, 0.3) is 0 Å². The molecule has 2 heterocycles. The lowest BCUT2D eigenvalue weighted by atomic mass is 9.82. The van der Waals surface area contributed by atoms with E-state index in [2.05, 4.69) is 17.1 Å². The second kappa shape index (κ2) is 14.3. The van der Waals surface area contributed by atoms with Crippen molar-refractivity contribution in [2.45, 2.75) is 63.8 Å². The van der Waals surface area contributed by atoms with Gasteiger partial charge >= 0.3 is 0 Å². The molecule has 0 bridgehead atoms. The van der Waals surface area contributed by atoms with Crippen molar-refractivity contribution in [3.8, 4) is 11.1 Å². The maximum atomic E-state index is 15.3. The molecule has 0 unspecified atom stereocenters. The molecule has 1 saturated heterocycles. The van der Waals surface area contributed by atoms with Gasteiger partial charge in [-0.2, -0.15) is 0 Å². The molecule has 0 atom stereocenters. The topological polar surface area (TPSA) is 99.4 Å². The molecule has 3 aromatic carbocycles. The quantitative estimate of drug-likeness (QED) is 0.150. The van der Waals surface area contributed by atoms with Crippen LogP contribution in [0.4, 0.5) is 14.5 Å². The van der Waals surface area contributed by atoms with Gasteiger partial charge < -0.3 is 16.2 Å². The average Bonchev–Trinajstić information content (AvgIpc) is 3.05. The number of fused-ring (bicyclic) bond motifs is 1. The van der Waals surface area contributed by atoms with Crippen molar-refractivity contribution >= 4 is 28.5 Å². The third-order valence-electron chi connectivity index (χ3n) is 9.36. The zero-order valence-electron chi connectivity index (χ0n) is 25.6. The molecule has 1 aliphatic heterocycles. The number of nitrogens with two attached hydrogens (primary N) is 2. The van der Waals surface area contributed by atoms with Gasteiger partial charge in [-0.05, 0) is 111 Å². The summed E-state index contributed by atoms with van der Waals surface area (Å²) in [6.07, 6.45) is 13.2. The number of nitrogens with zero attached hydrogens (tertiary/aromatic N) is 3. The molecule has 1 aliphatic carbocycles. The summed E-state index contributed by atoms with van der Waals surface area (Å²) in [5.41, 5.74) is 17.7. The first-order valence-corrected chi connectivity index (χ1v) is 16.1. The number of hydrogen-bond acceptors (Lipinski definition) is 6. The molecular weight excluding hydrogens is 568 g/mol. The minimum Gasteiger partial charge on any atom is -0.404 e. The Kier molecular flexibility index (Phi) is 9.79. The normalized spacial score (nSPS) is 19.8. The summed E-state index contributed by atoms with van der Waals surface area (Å²) in [5.74, 6) is 0.00140. The van der Waals surface area contributed by atoms with Crippen LogP contribution in [0.5, 0.6) is 0 Å². The molecule has 6 nitrogen and oxygen atoms in total. The Morgan fingerprint density at radius 3 is 2.42 bits per heavy atom. The lowest BCUT2D eigenvalue weighted by Crippen LogP contribution is -2.19. The molecule has 8 heteroatoms. The van der Waals surface area contributed by atoms with E-state index in [4.69, 9.17) is 26.2 Å². The Labute approximate surface area is 263 Å². The van der Waals surface area contributed by atoms with Crippen LogP contribution < -0.4 is 11.5 Å². The van der Waals surface area contributed by atoms with Crippen LogP contribution in [0, 0.1) is 23.5 Å². The second-order valence-corrected chi connectivity index (χ2v) is 12.5. The zero-order chi connectivity index (χ0) is 31.2. The number of anilines is 1. The maximum Gasteiger partial charge on any atom is 0.129 e. The monoisotopic (exact) mass is 609 g/mol. The number of nitrogen functional groups attached to an aromatic ring is 1. The molecule has 6 rings (SSSR count). The van der Waals surface area contributed by atoms with Gasteiger partial charge in [0.1, 0.15) is 11.6 Å². The van der Waals surface area contributed by atoms with Crippen molar-refractivity contribution in [3.63, 3.8) is 0 Å². The molecule has 4 N–H and O–H groups in total. The lowest BCUT2D eigenvalue weighted by molar-refractivity contribution is 0.0639. The van der Waals surface area contributed by atoms with Gasteiger partial charge in [0.05, 0.1) is 22.9 Å². The Hall–Kier alpha value is -4.17. The molecule has 234 valence electrons. The van der Waals surface area contributed by atoms with E-state index in [0.29, 0.717) is 51.7 Å². The SMILES string of the molecule is NC=C(C=NC1CCC(Cc2cccc(N)c2)CC1)c1cnc2cccc(-c3cc(F)c(CCC4CCOCC4)c(F)c3)c2n1. The number of allylic oxidation sites excluding steroid dienone is 1. The standard InChI is InChI=1S/C37H41F2N5O/c38-33-19-27(20-34(39)32(33)12-9-24-13-15-45-16-14-24)31-5-2-6-35-37(31)44-36(23-43-35)28(21-40)22-42-30-10-7-25(8-11-30)17-26-3-1-4-29(41)18-26/h1-6,18-25,30H,7-17,40-41H2. The van der Waals surface area contributed by atoms with Gasteiger partial charge in [0, 0.05) is 54.1 Å². The number of para-hydroxylation sites is 1. The fraction of sp³-hybridized carbons (Fsp3) is 0.378. The zero-order valence-corrected chi connectivity index (χ0v) is 25.6. The predicted molar refractivity (Wildman–Crippen MR) is 178 cm³/mol. The maximum absolute atomic E-state index is 15.3. The van der Waals surface area contributed by atoms with Crippen molar-refractivity contribution in [1.29, 1.82) is 0 Å². The van der Waals surface area contributed by atoms with Crippen LogP contribution >= 0.6 is 0 Å². The largest absolute Gasteiger partial charge is 0.404 e. The molecular formula is C37H41F2N5O. The Bertz CT molecular complexity index is 1670. The highest BCUT2D eigenvalue weighted by Crippen LogP contribution is 2.32. The molecule has 4 aromatic rings. The van der Waals surface area contributed by atoms with E-state index >= 15 is 8.78 Å². The van der Waals surface area contributed by atoms with Gasteiger partial charge in [-0.15, -0.1) is 0 Å². The molecule has 1 aromatic heterocycles. The third kappa shape index (κ3) is 7.56. The minimum atomic E-state index is -0.532. The first-order valence-electron chi connectivity index (χ1n) is 16.1. The van der Waals surface area contributed by atoms with Gasteiger partial charge in [0.15, 0.2) is 0 Å². The lowest BCUT2D eigenvalue weighted by Gasteiger charge is -2.26. The van der Waals surface area contributed by atoms with Crippen molar-refractivity contribution in [1.82, 2.24) is 9.97 Å². The minimum absolute atomic E-state index is 0.139. The summed E-state index contributed by atoms with van der Waals surface area (Å²) in [4.78, 5) is 14.3. The van der Waals surface area contributed by atoms with Gasteiger partial charge in [0.2, 0.25) is 0 Å². The first kappa shape index (κ1) is 30.8. The third-order valence-corrected chi connectivity index (χ3v) is 9.36. The number of hydrogen-bond donors (Lipinski definition) is 2. The number of aromatic nitrogens is 2. The molecule has 45 heavy (non-hydrogen) atoms. The van der Waals surface area contributed by atoms with Crippen LogP contribution in [0.3, 0.4) is 0 Å². The van der Waals surface area contributed by atoms with Crippen molar-refractivity contribution in [2.24, 2.45) is 22.6 Å². The van der Waals surface area contributed by atoms with Gasteiger partial charge in [-0.3, -0.25) is 9.98 Å². The average molecular weight is 610 g/mol. The predicted octanol–water partition coefficient (Wildman–Crippen LogP) is 7.69. The van der Waals surface area contributed by atoms with E-state index in [1.54, 1.807) is 12.4 Å². The van der Waals surface area contributed by atoms with Crippen molar-refractivity contribution < 1.29 is 13.5 Å². The molecule has 0 spiro atoms. The molecule has 2 aliphatic rings. The van der Waals surface area contributed by atoms with E-state index in [1.165, 1.54) is 23.9 Å². The molecule has 2 fully saturated rings. The fourth-order valence-corrected chi connectivity index (χ4v) is 6.72. The number of ether oxygens (including phenoxy) is 1.